The van der Waals surface area contributed by atoms with Gasteiger partial charge in [0.05, 0.1) is 0 Å². The van der Waals surface area contributed by atoms with Gasteiger partial charge in [0.25, 0.3) is 5.91 Å². The molecule has 0 unspecified atom stereocenters. The molecule has 1 aromatic carbocycles. The predicted octanol–water partition coefficient (Wildman–Crippen LogP) is 1.96. The number of rotatable bonds is 2. The Morgan fingerprint density at radius 3 is 3.16 bits per heavy atom. The second-order valence-electron chi connectivity index (χ2n) is 4.42. The number of hydrogen-bond donors (Lipinski definition) is 3. The molecule has 0 spiro atoms. The molecule has 3 N–H and O–H groups in total. The lowest BCUT2D eigenvalue weighted by atomic mass is 10.1. The van der Waals surface area contributed by atoms with Crippen LogP contribution in [0.2, 0.25) is 5.02 Å². The van der Waals surface area contributed by atoms with Crippen molar-refractivity contribution in [3.63, 3.8) is 0 Å². The molecule has 0 aliphatic carbocycles. The van der Waals surface area contributed by atoms with Gasteiger partial charge in [0.1, 0.15) is 0 Å². The Balaban J connectivity index is 1.82. The van der Waals surface area contributed by atoms with E-state index in [-0.39, 0.29) is 5.91 Å². The lowest BCUT2D eigenvalue weighted by Gasteiger charge is -2.13. The maximum Gasteiger partial charge on any atom is 0.256 e. The van der Waals surface area contributed by atoms with Gasteiger partial charge >= 0.3 is 0 Å². The van der Waals surface area contributed by atoms with Crippen molar-refractivity contribution in [1.82, 2.24) is 15.5 Å². The summed E-state index contributed by atoms with van der Waals surface area (Å²) in [5.74, 6) is 0.384. The van der Waals surface area contributed by atoms with Crippen LogP contribution in [0, 0.1) is 0 Å². The Morgan fingerprint density at radius 1 is 1.42 bits per heavy atom. The molecule has 19 heavy (non-hydrogen) atoms. The van der Waals surface area contributed by atoms with E-state index in [2.05, 4.69) is 20.8 Å². The molecule has 1 amide bonds. The maximum atomic E-state index is 12.1. The topological polar surface area (TPSA) is 69.8 Å². The first kappa shape index (κ1) is 12.2. The van der Waals surface area contributed by atoms with Gasteiger partial charge in [-0.3, -0.25) is 9.89 Å². The average molecular weight is 277 g/mol. The van der Waals surface area contributed by atoms with Crippen molar-refractivity contribution in [2.75, 3.05) is 11.9 Å². The van der Waals surface area contributed by atoms with Crippen molar-refractivity contribution < 1.29 is 4.79 Å². The van der Waals surface area contributed by atoms with Crippen LogP contribution in [0.3, 0.4) is 0 Å². The summed E-state index contributed by atoms with van der Waals surface area (Å²) >= 11 is 5.87. The fourth-order valence-corrected chi connectivity index (χ4v) is 2.33. The van der Waals surface area contributed by atoms with Gasteiger partial charge in [0, 0.05) is 41.4 Å². The van der Waals surface area contributed by atoms with Gasteiger partial charge in [0.15, 0.2) is 5.82 Å². The van der Waals surface area contributed by atoms with Gasteiger partial charge in [-0.25, -0.2) is 0 Å². The number of aromatic nitrogens is 2. The summed E-state index contributed by atoms with van der Waals surface area (Å²) in [5.41, 5.74) is 2.63. The minimum Gasteiger partial charge on any atom is -0.312 e. The smallest absolute Gasteiger partial charge is 0.256 e. The van der Waals surface area contributed by atoms with Gasteiger partial charge in [-0.05, 0) is 18.2 Å². The lowest BCUT2D eigenvalue weighted by Crippen LogP contribution is -2.24. The molecular weight excluding hydrogens is 264 g/mol. The summed E-state index contributed by atoms with van der Waals surface area (Å²) in [5, 5.41) is 13.7. The van der Waals surface area contributed by atoms with E-state index in [1.54, 1.807) is 24.3 Å². The van der Waals surface area contributed by atoms with Crippen LogP contribution in [0.5, 0.6) is 0 Å². The molecule has 0 fully saturated rings. The van der Waals surface area contributed by atoms with E-state index < -0.39 is 0 Å². The summed E-state index contributed by atoms with van der Waals surface area (Å²) in [6.07, 6.45) is 0.898. The zero-order chi connectivity index (χ0) is 13.2. The van der Waals surface area contributed by atoms with Crippen LogP contribution in [0.4, 0.5) is 5.82 Å². The number of halogens is 1. The molecule has 0 saturated carbocycles. The van der Waals surface area contributed by atoms with E-state index in [0.29, 0.717) is 16.4 Å². The molecule has 6 heteroatoms. The number of nitrogens with zero attached hydrogens (tertiary/aromatic N) is 1. The van der Waals surface area contributed by atoms with Crippen molar-refractivity contribution in [2.24, 2.45) is 0 Å². The second kappa shape index (κ2) is 5.03. The first-order chi connectivity index (χ1) is 9.24. The van der Waals surface area contributed by atoms with E-state index >= 15 is 0 Å². The molecular formula is C13H13ClN4O. The quantitative estimate of drug-likeness (QED) is 0.785. The summed E-state index contributed by atoms with van der Waals surface area (Å²) in [6, 6.07) is 6.84. The van der Waals surface area contributed by atoms with Gasteiger partial charge in [-0.15, -0.1) is 0 Å². The zero-order valence-electron chi connectivity index (χ0n) is 10.2. The normalized spacial score (nSPS) is 13.9. The number of aromatic amines is 1. The van der Waals surface area contributed by atoms with Crippen LogP contribution >= 0.6 is 11.6 Å². The van der Waals surface area contributed by atoms with Crippen LogP contribution in [0.1, 0.15) is 21.6 Å². The number of hydrogen-bond acceptors (Lipinski definition) is 3. The molecule has 1 aliphatic heterocycles. The van der Waals surface area contributed by atoms with Crippen molar-refractivity contribution in [3.05, 3.63) is 46.1 Å². The third-order valence-electron chi connectivity index (χ3n) is 3.13. The van der Waals surface area contributed by atoms with Crippen LogP contribution in [-0.4, -0.2) is 22.6 Å². The fraction of sp³-hybridized carbons (Fsp3) is 0.231. The van der Waals surface area contributed by atoms with E-state index in [9.17, 15) is 4.79 Å². The first-order valence-corrected chi connectivity index (χ1v) is 6.45. The Labute approximate surface area is 115 Å². The molecule has 0 saturated heterocycles. The number of H-pyrrole nitrogens is 1. The Morgan fingerprint density at radius 2 is 2.32 bits per heavy atom. The standard InChI is InChI=1S/C13H13ClN4O/c14-9-3-1-2-8(6-9)13(19)16-12-10-7-15-5-4-11(10)17-18-12/h1-3,6,15H,4-5,7H2,(H2,16,17,18,19). The fourth-order valence-electron chi connectivity index (χ4n) is 2.14. The Kier molecular flexibility index (Phi) is 3.23. The summed E-state index contributed by atoms with van der Waals surface area (Å²) in [6.45, 7) is 1.65. The SMILES string of the molecule is O=C(Nc1n[nH]c2c1CNCC2)c1cccc(Cl)c1. The maximum absolute atomic E-state index is 12.1. The van der Waals surface area contributed by atoms with E-state index in [1.165, 1.54) is 0 Å². The molecule has 2 heterocycles. The molecule has 0 radical (unpaired) electrons. The van der Waals surface area contributed by atoms with Crippen molar-refractivity contribution in [2.45, 2.75) is 13.0 Å². The number of anilines is 1. The summed E-state index contributed by atoms with van der Waals surface area (Å²) in [4.78, 5) is 12.1. The average Bonchev–Trinajstić information content (AvgIpc) is 2.82. The van der Waals surface area contributed by atoms with Gasteiger partial charge in [-0.2, -0.15) is 5.10 Å². The number of amides is 1. The number of nitrogens with one attached hydrogen (secondary N) is 3. The van der Waals surface area contributed by atoms with Crippen LogP contribution in [-0.2, 0) is 13.0 Å². The molecule has 1 aliphatic rings. The van der Waals surface area contributed by atoms with Crippen molar-refractivity contribution in [3.8, 4) is 0 Å². The number of benzene rings is 1. The third-order valence-corrected chi connectivity index (χ3v) is 3.36. The highest BCUT2D eigenvalue weighted by molar-refractivity contribution is 6.31. The highest BCUT2D eigenvalue weighted by Crippen LogP contribution is 2.20. The number of carbonyl (C=O) groups excluding carboxylic acids is 1. The molecule has 2 aromatic rings. The molecule has 1 aromatic heterocycles. The van der Waals surface area contributed by atoms with Crippen LogP contribution in [0.15, 0.2) is 24.3 Å². The predicted molar refractivity (Wildman–Crippen MR) is 73.4 cm³/mol. The molecule has 0 atom stereocenters. The van der Waals surface area contributed by atoms with Crippen LogP contribution < -0.4 is 10.6 Å². The summed E-state index contributed by atoms with van der Waals surface area (Å²) < 4.78 is 0. The highest BCUT2D eigenvalue weighted by Gasteiger charge is 2.18. The molecule has 0 bridgehead atoms. The van der Waals surface area contributed by atoms with E-state index in [4.69, 9.17) is 11.6 Å². The Bertz CT molecular complexity index is 623. The molecule has 5 nitrogen and oxygen atoms in total. The minimum absolute atomic E-state index is 0.206. The minimum atomic E-state index is -0.206. The van der Waals surface area contributed by atoms with E-state index in [0.717, 1.165) is 30.8 Å². The highest BCUT2D eigenvalue weighted by atomic mass is 35.5. The number of carbonyl (C=O) groups is 1. The zero-order valence-corrected chi connectivity index (χ0v) is 10.9. The third kappa shape index (κ3) is 2.47. The van der Waals surface area contributed by atoms with Gasteiger partial charge < -0.3 is 10.6 Å². The van der Waals surface area contributed by atoms with Crippen LogP contribution in [0.25, 0.3) is 0 Å². The Hall–Kier alpha value is -1.85. The lowest BCUT2D eigenvalue weighted by molar-refractivity contribution is 0.102. The van der Waals surface area contributed by atoms with E-state index in [1.807, 2.05) is 0 Å². The van der Waals surface area contributed by atoms with Gasteiger partial charge in [-0.1, -0.05) is 17.7 Å². The first-order valence-electron chi connectivity index (χ1n) is 6.08. The largest absolute Gasteiger partial charge is 0.312 e. The second-order valence-corrected chi connectivity index (χ2v) is 4.86. The van der Waals surface area contributed by atoms with Gasteiger partial charge in [0.2, 0.25) is 0 Å². The van der Waals surface area contributed by atoms with Crippen molar-refractivity contribution in [1.29, 1.82) is 0 Å². The summed E-state index contributed by atoms with van der Waals surface area (Å²) in [7, 11) is 0. The molecule has 3 rings (SSSR count). The monoisotopic (exact) mass is 276 g/mol. The molecule has 98 valence electrons. The van der Waals surface area contributed by atoms with Crippen molar-refractivity contribution >= 4 is 23.3 Å². The number of fused-ring (bicyclic) bond motifs is 1.